The van der Waals surface area contributed by atoms with Crippen molar-refractivity contribution in [3.8, 4) is 0 Å². The highest BCUT2D eigenvalue weighted by molar-refractivity contribution is 5.74. The average Bonchev–Trinajstić information content (AvgIpc) is 2.61. The molecule has 0 atom stereocenters. The average molecular weight is 315 g/mol. The summed E-state index contributed by atoms with van der Waals surface area (Å²) in [5.41, 5.74) is 2.40. The molecule has 0 spiro atoms. The Balaban J connectivity index is 1.43. The summed E-state index contributed by atoms with van der Waals surface area (Å²) in [6.07, 6.45) is 6.85. The van der Waals surface area contributed by atoms with Crippen molar-refractivity contribution in [2.45, 2.75) is 51.6 Å². The van der Waals surface area contributed by atoms with E-state index in [4.69, 9.17) is 0 Å². The number of nitrogens with zero attached hydrogens (tertiary/aromatic N) is 2. The maximum absolute atomic E-state index is 12.3. The summed E-state index contributed by atoms with van der Waals surface area (Å²) in [7, 11) is 0. The van der Waals surface area contributed by atoms with Crippen LogP contribution in [0.15, 0.2) is 24.3 Å². The zero-order valence-electron chi connectivity index (χ0n) is 14.3. The van der Waals surface area contributed by atoms with Crippen molar-refractivity contribution < 1.29 is 4.79 Å². The number of piperazine rings is 1. The number of hydrogen-bond acceptors (Lipinski definition) is 2. The van der Waals surface area contributed by atoms with Crippen LogP contribution >= 0.6 is 0 Å². The van der Waals surface area contributed by atoms with Crippen LogP contribution in [0.25, 0.3) is 0 Å². The normalized spacial score (nSPS) is 20.5. The minimum atomic E-state index is 0.0785. The van der Waals surface area contributed by atoms with Gasteiger partial charge in [-0.15, -0.1) is 0 Å². The molecule has 23 heavy (non-hydrogen) atoms. The zero-order chi connectivity index (χ0) is 16.1. The molecule has 0 radical (unpaired) electrons. The van der Waals surface area contributed by atoms with Gasteiger partial charge in [0.2, 0.25) is 0 Å². The molecule has 0 aromatic heterocycles. The molecule has 1 saturated heterocycles. The van der Waals surface area contributed by atoms with Crippen molar-refractivity contribution in [2.75, 3.05) is 26.2 Å². The van der Waals surface area contributed by atoms with Gasteiger partial charge >= 0.3 is 6.03 Å². The molecule has 1 aromatic carbocycles. The molecule has 0 unspecified atom stereocenters. The number of benzene rings is 1. The van der Waals surface area contributed by atoms with Crippen LogP contribution in [-0.4, -0.2) is 48.1 Å². The number of carbonyl (C=O) groups is 1. The van der Waals surface area contributed by atoms with Gasteiger partial charge in [-0.25, -0.2) is 4.79 Å². The lowest BCUT2D eigenvalue weighted by molar-refractivity contribution is 0.0905. The summed E-state index contributed by atoms with van der Waals surface area (Å²) in [6, 6.07) is 9.15. The molecule has 1 heterocycles. The molecule has 1 aliphatic carbocycles. The smallest absolute Gasteiger partial charge is 0.317 e. The molecular formula is C19H29N3O. The van der Waals surface area contributed by atoms with Crippen molar-refractivity contribution >= 4 is 6.03 Å². The second kappa shape index (κ2) is 7.82. The van der Waals surface area contributed by atoms with Gasteiger partial charge in [0, 0.05) is 38.8 Å². The van der Waals surface area contributed by atoms with E-state index in [9.17, 15) is 4.79 Å². The number of aryl methyl sites for hydroxylation is 1. The van der Waals surface area contributed by atoms with Crippen LogP contribution in [0.1, 0.15) is 43.2 Å². The first-order valence-corrected chi connectivity index (χ1v) is 9.05. The van der Waals surface area contributed by atoms with Gasteiger partial charge in [0.25, 0.3) is 0 Å². The van der Waals surface area contributed by atoms with Crippen LogP contribution in [0, 0.1) is 6.92 Å². The third-order valence-electron chi connectivity index (χ3n) is 5.22. The Bertz CT molecular complexity index is 517. The van der Waals surface area contributed by atoms with E-state index in [2.05, 4.69) is 35.3 Å². The van der Waals surface area contributed by atoms with Gasteiger partial charge in [-0.1, -0.05) is 49.1 Å². The minimum Gasteiger partial charge on any atom is -0.334 e. The van der Waals surface area contributed by atoms with Crippen LogP contribution in [0.2, 0.25) is 0 Å². The Morgan fingerprint density at radius 2 is 1.87 bits per heavy atom. The fourth-order valence-electron chi connectivity index (χ4n) is 3.85. The third-order valence-corrected chi connectivity index (χ3v) is 5.22. The molecule has 126 valence electrons. The van der Waals surface area contributed by atoms with Crippen LogP contribution in [-0.2, 0) is 6.54 Å². The number of urea groups is 1. The highest BCUT2D eigenvalue weighted by Gasteiger charge is 2.26. The highest BCUT2D eigenvalue weighted by atomic mass is 16.2. The number of hydrogen-bond donors (Lipinski definition) is 1. The van der Waals surface area contributed by atoms with Crippen molar-refractivity contribution in [1.29, 1.82) is 0 Å². The van der Waals surface area contributed by atoms with Gasteiger partial charge in [0.1, 0.15) is 0 Å². The zero-order valence-corrected chi connectivity index (χ0v) is 14.3. The largest absolute Gasteiger partial charge is 0.334 e. The Morgan fingerprint density at radius 1 is 1.13 bits per heavy atom. The van der Waals surface area contributed by atoms with E-state index in [-0.39, 0.29) is 6.03 Å². The van der Waals surface area contributed by atoms with E-state index < -0.39 is 0 Å². The lowest BCUT2D eigenvalue weighted by Crippen LogP contribution is -2.54. The van der Waals surface area contributed by atoms with E-state index in [0.29, 0.717) is 6.54 Å². The van der Waals surface area contributed by atoms with Crippen molar-refractivity contribution in [2.24, 2.45) is 0 Å². The predicted octanol–water partition coefficient (Wildman–Crippen LogP) is 3.15. The van der Waals surface area contributed by atoms with E-state index in [1.807, 2.05) is 11.0 Å². The monoisotopic (exact) mass is 315 g/mol. The topological polar surface area (TPSA) is 35.6 Å². The van der Waals surface area contributed by atoms with Crippen molar-refractivity contribution in [3.05, 3.63) is 35.4 Å². The molecule has 0 bridgehead atoms. The van der Waals surface area contributed by atoms with E-state index >= 15 is 0 Å². The van der Waals surface area contributed by atoms with Crippen LogP contribution < -0.4 is 5.32 Å². The molecule has 4 heteroatoms. The lowest BCUT2D eigenvalue weighted by atomic mass is 9.94. The SMILES string of the molecule is Cc1cccc(CNC(=O)N2CCN(C3CCCCC3)CC2)c1. The van der Waals surface area contributed by atoms with Gasteiger partial charge in [-0.05, 0) is 25.3 Å². The van der Waals surface area contributed by atoms with Gasteiger partial charge in [-0.2, -0.15) is 0 Å². The predicted molar refractivity (Wildman–Crippen MR) is 93.4 cm³/mol. The van der Waals surface area contributed by atoms with E-state index in [1.165, 1.54) is 43.2 Å². The van der Waals surface area contributed by atoms with Crippen LogP contribution in [0.5, 0.6) is 0 Å². The van der Waals surface area contributed by atoms with Crippen LogP contribution in [0.3, 0.4) is 0 Å². The van der Waals surface area contributed by atoms with Gasteiger partial charge < -0.3 is 10.2 Å². The summed E-state index contributed by atoms with van der Waals surface area (Å²) in [4.78, 5) is 16.9. The van der Waals surface area contributed by atoms with Gasteiger partial charge in [0.05, 0.1) is 0 Å². The molecule has 4 nitrogen and oxygen atoms in total. The maximum atomic E-state index is 12.3. The molecule has 1 aromatic rings. The maximum Gasteiger partial charge on any atom is 0.317 e. The molecule has 1 aliphatic heterocycles. The number of nitrogens with one attached hydrogen (secondary N) is 1. The quantitative estimate of drug-likeness (QED) is 0.930. The second-order valence-electron chi connectivity index (χ2n) is 6.96. The van der Waals surface area contributed by atoms with Crippen molar-refractivity contribution in [1.82, 2.24) is 15.1 Å². The first-order valence-electron chi connectivity index (χ1n) is 9.05. The molecular weight excluding hydrogens is 286 g/mol. The Hall–Kier alpha value is -1.55. The first kappa shape index (κ1) is 16.3. The number of carbonyl (C=O) groups excluding carboxylic acids is 1. The fraction of sp³-hybridized carbons (Fsp3) is 0.632. The Kier molecular flexibility index (Phi) is 5.55. The lowest BCUT2D eigenvalue weighted by Gasteiger charge is -2.40. The van der Waals surface area contributed by atoms with Gasteiger partial charge in [-0.3, -0.25) is 4.90 Å². The number of rotatable bonds is 3. The second-order valence-corrected chi connectivity index (χ2v) is 6.96. The van der Waals surface area contributed by atoms with E-state index in [0.717, 1.165) is 32.2 Å². The Labute approximate surface area is 139 Å². The summed E-state index contributed by atoms with van der Waals surface area (Å²) < 4.78 is 0. The molecule has 3 rings (SSSR count). The first-order chi connectivity index (χ1) is 11.2. The summed E-state index contributed by atoms with van der Waals surface area (Å²) in [5, 5.41) is 3.06. The molecule has 2 aliphatic rings. The van der Waals surface area contributed by atoms with Crippen LogP contribution in [0.4, 0.5) is 4.79 Å². The van der Waals surface area contributed by atoms with Crippen molar-refractivity contribution in [3.63, 3.8) is 0 Å². The highest BCUT2D eigenvalue weighted by Crippen LogP contribution is 2.23. The summed E-state index contributed by atoms with van der Waals surface area (Å²) in [5.74, 6) is 0. The van der Waals surface area contributed by atoms with Gasteiger partial charge in [0.15, 0.2) is 0 Å². The van der Waals surface area contributed by atoms with E-state index in [1.54, 1.807) is 0 Å². The third kappa shape index (κ3) is 4.47. The molecule has 2 amide bonds. The summed E-state index contributed by atoms with van der Waals surface area (Å²) in [6.45, 7) is 6.47. The molecule has 1 saturated carbocycles. The fourth-order valence-corrected chi connectivity index (χ4v) is 3.85. The Morgan fingerprint density at radius 3 is 2.57 bits per heavy atom. The summed E-state index contributed by atoms with van der Waals surface area (Å²) >= 11 is 0. The molecule has 2 fully saturated rings. The molecule has 1 N–H and O–H groups in total. The number of amides is 2. The minimum absolute atomic E-state index is 0.0785. The standard InChI is InChI=1S/C19H29N3O/c1-16-6-5-7-17(14-16)15-20-19(23)22-12-10-21(11-13-22)18-8-3-2-4-9-18/h5-7,14,18H,2-4,8-13,15H2,1H3,(H,20,23).